The average molecular weight is 202 g/mol. The SMILES string of the molecule is CC(CCCO)CC(=O)OC(C)(C)C. The van der Waals surface area contributed by atoms with Crippen molar-refractivity contribution in [3.05, 3.63) is 0 Å². The molecule has 0 radical (unpaired) electrons. The van der Waals surface area contributed by atoms with Crippen molar-refractivity contribution >= 4 is 5.97 Å². The number of aliphatic hydroxyl groups excluding tert-OH is 1. The molecular formula is C11H22O3. The van der Waals surface area contributed by atoms with E-state index < -0.39 is 5.60 Å². The Balaban J connectivity index is 3.71. The van der Waals surface area contributed by atoms with Crippen LogP contribution in [0.4, 0.5) is 0 Å². The van der Waals surface area contributed by atoms with Gasteiger partial charge < -0.3 is 9.84 Å². The lowest BCUT2D eigenvalue weighted by Gasteiger charge is -2.20. The Labute approximate surface area is 86.5 Å². The molecule has 0 aliphatic heterocycles. The molecule has 0 aromatic rings. The first-order chi connectivity index (χ1) is 6.35. The minimum absolute atomic E-state index is 0.150. The van der Waals surface area contributed by atoms with E-state index in [1.54, 1.807) is 0 Å². The van der Waals surface area contributed by atoms with Crippen LogP contribution >= 0.6 is 0 Å². The number of rotatable bonds is 5. The van der Waals surface area contributed by atoms with E-state index >= 15 is 0 Å². The van der Waals surface area contributed by atoms with Crippen LogP contribution in [0.1, 0.15) is 47.0 Å². The molecule has 0 saturated heterocycles. The van der Waals surface area contributed by atoms with Crippen LogP contribution in [0.25, 0.3) is 0 Å². The highest BCUT2D eigenvalue weighted by Crippen LogP contribution is 2.14. The summed E-state index contributed by atoms with van der Waals surface area (Å²) in [5.74, 6) is 0.139. The summed E-state index contributed by atoms with van der Waals surface area (Å²) in [6.07, 6.45) is 2.07. The van der Waals surface area contributed by atoms with Gasteiger partial charge in [0.25, 0.3) is 0 Å². The molecule has 14 heavy (non-hydrogen) atoms. The number of aliphatic hydroxyl groups is 1. The molecule has 0 aromatic carbocycles. The fourth-order valence-electron chi connectivity index (χ4n) is 1.21. The Morgan fingerprint density at radius 3 is 2.43 bits per heavy atom. The van der Waals surface area contributed by atoms with E-state index in [2.05, 4.69) is 0 Å². The molecule has 0 aromatic heterocycles. The summed E-state index contributed by atoms with van der Waals surface area (Å²) in [6, 6.07) is 0. The molecule has 0 fully saturated rings. The molecule has 84 valence electrons. The van der Waals surface area contributed by atoms with Gasteiger partial charge in [-0.15, -0.1) is 0 Å². The molecule has 1 atom stereocenters. The molecule has 0 bridgehead atoms. The molecule has 0 rings (SSSR count). The third-order valence-corrected chi connectivity index (χ3v) is 1.79. The Morgan fingerprint density at radius 2 is 2.00 bits per heavy atom. The van der Waals surface area contributed by atoms with Gasteiger partial charge in [0.15, 0.2) is 0 Å². The molecular weight excluding hydrogens is 180 g/mol. The van der Waals surface area contributed by atoms with Crippen LogP contribution in [0.15, 0.2) is 0 Å². The van der Waals surface area contributed by atoms with Gasteiger partial charge >= 0.3 is 5.97 Å². The third-order valence-electron chi connectivity index (χ3n) is 1.79. The van der Waals surface area contributed by atoms with Crippen molar-refractivity contribution in [1.29, 1.82) is 0 Å². The quantitative estimate of drug-likeness (QED) is 0.695. The second-order valence-electron chi connectivity index (χ2n) is 4.76. The van der Waals surface area contributed by atoms with Gasteiger partial charge in [-0.25, -0.2) is 0 Å². The van der Waals surface area contributed by atoms with E-state index in [4.69, 9.17) is 9.84 Å². The normalized spacial score (nSPS) is 13.8. The topological polar surface area (TPSA) is 46.5 Å². The summed E-state index contributed by atoms with van der Waals surface area (Å²) in [6.45, 7) is 7.79. The van der Waals surface area contributed by atoms with Gasteiger partial charge in [-0.2, -0.15) is 0 Å². The lowest BCUT2D eigenvalue weighted by molar-refractivity contribution is -0.155. The largest absolute Gasteiger partial charge is 0.460 e. The summed E-state index contributed by atoms with van der Waals surface area (Å²) in [7, 11) is 0. The molecule has 0 heterocycles. The first-order valence-corrected chi connectivity index (χ1v) is 5.18. The van der Waals surface area contributed by atoms with Crippen molar-refractivity contribution in [3.63, 3.8) is 0 Å². The molecule has 0 spiro atoms. The minimum atomic E-state index is -0.395. The van der Waals surface area contributed by atoms with Crippen LogP contribution in [0.5, 0.6) is 0 Å². The summed E-state index contributed by atoms with van der Waals surface area (Å²) in [5, 5.41) is 8.62. The van der Waals surface area contributed by atoms with Gasteiger partial charge in [-0.1, -0.05) is 6.92 Å². The Hall–Kier alpha value is -0.570. The predicted octanol–water partition coefficient (Wildman–Crippen LogP) is 2.13. The lowest BCUT2D eigenvalue weighted by Crippen LogP contribution is -2.24. The molecule has 1 N–H and O–H groups in total. The first kappa shape index (κ1) is 13.4. The van der Waals surface area contributed by atoms with Gasteiger partial charge in [0.05, 0.1) is 0 Å². The summed E-state index contributed by atoms with van der Waals surface area (Å²) >= 11 is 0. The Kier molecular flexibility index (Phi) is 5.77. The molecule has 3 heteroatoms. The fraction of sp³-hybridized carbons (Fsp3) is 0.909. The number of esters is 1. The number of hydrogen-bond acceptors (Lipinski definition) is 3. The minimum Gasteiger partial charge on any atom is -0.460 e. The highest BCUT2D eigenvalue weighted by molar-refractivity contribution is 5.70. The van der Waals surface area contributed by atoms with Crippen molar-refractivity contribution in [2.75, 3.05) is 6.61 Å². The van der Waals surface area contributed by atoms with Gasteiger partial charge in [0, 0.05) is 13.0 Å². The monoisotopic (exact) mass is 202 g/mol. The van der Waals surface area contributed by atoms with Gasteiger partial charge in [-0.3, -0.25) is 4.79 Å². The maximum absolute atomic E-state index is 11.3. The predicted molar refractivity (Wildman–Crippen MR) is 55.9 cm³/mol. The number of ether oxygens (including phenoxy) is 1. The van der Waals surface area contributed by atoms with E-state index in [1.165, 1.54) is 0 Å². The zero-order valence-corrected chi connectivity index (χ0v) is 9.67. The molecule has 1 unspecified atom stereocenters. The van der Waals surface area contributed by atoms with Crippen LogP contribution in [0, 0.1) is 5.92 Å². The van der Waals surface area contributed by atoms with Crippen molar-refractivity contribution in [1.82, 2.24) is 0 Å². The maximum Gasteiger partial charge on any atom is 0.306 e. The lowest BCUT2D eigenvalue weighted by atomic mass is 10.0. The van der Waals surface area contributed by atoms with Gasteiger partial charge in [0.2, 0.25) is 0 Å². The average Bonchev–Trinajstić information content (AvgIpc) is 1.96. The van der Waals surface area contributed by atoms with Crippen LogP contribution < -0.4 is 0 Å². The van der Waals surface area contributed by atoms with Crippen molar-refractivity contribution in [2.45, 2.75) is 52.6 Å². The third kappa shape index (κ3) is 8.05. The fourth-order valence-corrected chi connectivity index (χ4v) is 1.21. The number of carbonyl (C=O) groups excluding carboxylic acids is 1. The van der Waals surface area contributed by atoms with Crippen molar-refractivity contribution in [2.24, 2.45) is 5.92 Å². The highest BCUT2D eigenvalue weighted by atomic mass is 16.6. The second kappa shape index (κ2) is 6.02. The zero-order chi connectivity index (χ0) is 11.2. The first-order valence-electron chi connectivity index (χ1n) is 5.18. The number of carbonyl (C=O) groups is 1. The molecule has 0 aliphatic carbocycles. The smallest absolute Gasteiger partial charge is 0.306 e. The van der Waals surface area contributed by atoms with E-state index in [-0.39, 0.29) is 18.5 Å². The Bertz CT molecular complexity index is 170. The molecule has 0 aliphatic rings. The summed E-state index contributed by atoms with van der Waals surface area (Å²) < 4.78 is 5.19. The van der Waals surface area contributed by atoms with Gasteiger partial charge in [0.1, 0.15) is 5.60 Å². The van der Waals surface area contributed by atoms with Crippen LogP contribution in [0.3, 0.4) is 0 Å². The molecule has 0 saturated carbocycles. The van der Waals surface area contributed by atoms with Gasteiger partial charge in [-0.05, 0) is 39.5 Å². The van der Waals surface area contributed by atoms with E-state index in [9.17, 15) is 4.79 Å². The highest BCUT2D eigenvalue weighted by Gasteiger charge is 2.17. The molecule has 0 amide bonds. The second-order valence-corrected chi connectivity index (χ2v) is 4.76. The van der Waals surface area contributed by atoms with Crippen LogP contribution in [-0.2, 0) is 9.53 Å². The maximum atomic E-state index is 11.3. The van der Waals surface area contributed by atoms with Crippen molar-refractivity contribution in [3.8, 4) is 0 Å². The van der Waals surface area contributed by atoms with Crippen molar-refractivity contribution < 1.29 is 14.6 Å². The van der Waals surface area contributed by atoms with Crippen LogP contribution in [0.2, 0.25) is 0 Å². The van der Waals surface area contributed by atoms with E-state index in [0.717, 1.165) is 12.8 Å². The van der Waals surface area contributed by atoms with Crippen LogP contribution in [-0.4, -0.2) is 23.3 Å². The molecule has 3 nitrogen and oxygen atoms in total. The van der Waals surface area contributed by atoms with E-state index in [1.807, 2.05) is 27.7 Å². The summed E-state index contributed by atoms with van der Waals surface area (Å²) in [4.78, 5) is 11.3. The summed E-state index contributed by atoms with van der Waals surface area (Å²) in [5.41, 5.74) is -0.395. The standard InChI is InChI=1S/C11H22O3/c1-9(6-5-7-12)8-10(13)14-11(2,3)4/h9,12H,5-8H2,1-4H3. The Morgan fingerprint density at radius 1 is 1.43 bits per heavy atom. The van der Waals surface area contributed by atoms with E-state index in [0.29, 0.717) is 6.42 Å². The zero-order valence-electron chi connectivity index (χ0n) is 9.67. The number of hydrogen-bond donors (Lipinski definition) is 1.